The molecule has 5 nitrogen and oxygen atoms in total. The maximum Gasteiger partial charge on any atom is 0.147 e. The fraction of sp³-hybridized carbons (Fsp3) is 0.467. The van der Waals surface area contributed by atoms with Crippen LogP contribution in [0.15, 0.2) is 30.3 Å². The van der Waals surface area contributed by atoms with E-state index in [1.54, 1.807) is 0 Å². The smallest absolute Gasteiger partial charge is 0.147 e. The molecule has 1 aliphatic heterocycles. The van der Waals surface area contributed by atoms with Crippen LogP contribution >= 0.6 is 0 Å². The summed E-state index contributed by atoms with van der Waals surface area (Å²) in [5.74, 6) is 1.73. The minimum Gasteiger partial charge on any atom is -0.392 e. The Bertz CT molecular complexity index is 567. The summed E-state index contributed by atoms with van der Waals surface area (Å²) in [5, 5.41) is 17.4. The fourth-order valence-corrected chi connectivity index (χ4v) is 2.69. The summed E-state index contributed by atoms with van der Waals surface area (Å²) >= 11 is 0. The Morgan fingerprint density at radius 2 is 2.15 bits per heavy atom. The highest BCUT2D eigenvalue weighted by atomic mass is 16.3. The van der Waals surface area contributed by atoms with Crippen LogP contribution in [-0.2, 0) is 13.0 Å². The molecule has 3 rings (SSSR count). The van der Waals surface area contributed by atoms with E-state index in [-0.39, 0.29) is 12.1 Å². The first-order valence-electron chi connectivity index (χ1n) is 7.09. The highest BCUT2D eigenvalue weighted by Gasteiger charge is 2.27. The zero-order chi connectivity index (χ0) is 13.9. The summed E-state index contributed by atoms with van der Waals surface area (Å²) in [4.78, 5) is 4.52. The van der Waals surface area contributed by atoms with Crippen molar-refractivity contribution in [2.45, 2.75) is 38.5 Å². The number of hydrogen-bond acceptors (Lipinski definition) is 4. The van der Waals surface area contributed by atoms with Crippen LogP contribution in [0.3, 0.4) is 0 Å². The van der Waals surface area contributed by atoms with E-state index in [4.69, 9.17) is 0 Å². The molecule has 2 N–H and O–H groups in total. The van der Waals surface area contributed by atoms with Gasteiger partial charge in [0.2, 0.25) is 0 Å². The molecule has 1 saturated heterocycles. The second-order valence-corrected chi connectivity index (χ2v) is 5.33. The lowest BCUT2D eigenvalue weighted by atomic mass is 10.1. The molecule has 1 aromatic heterocycles. The van der Waals surface area contributed by atoms with Gasteiger partial charge in [-0.05, 0) is 25.3 Å². The molecule has 2 aromatic rings. The number of aliphatic hydroxyl groups excluding tert-OH is 1. The molecule has 106 valence electrons. The predicted molar refractivity (Wildman–Crippen MR) is 76.3 cm³/mol. The van der Waals surface area contributed by atoms with Gasteiger partial charge in [0, 0.05) is 13.1 Å². The van der Waals surface area contributed by atoms with E-state index in [2.05, 4.69) is 39.7 Å². The normalized spacial score (nSPS) is 22.3. The van der Waals surface area contributed by atoms with Gasteiger partial charge >= 0.3 is 0 Å². The number of benzene rings is 1. The van der Waals surface area contributed by atoms with Crippen molar-refractivity contribution >= 4 is 0 Å². The molecule has 0 bridgehead atoms. The quantitative estimate of drug-likeness (QED) is 0.878. The zero-order valence-corrected chi connectivity index (χ0v) is 11.7. The maximum atomic E-state index is 9.65. The van der Waals surface area contributed by atoms with Crippen molar-refractivity contribution in [3.8, 4) is 0 Å². The van der Waals surface area contributed by atoms with Gasteiger partial charge in [0.15, 0.2) is 0 Å². The van der Waals surface area contributed by atoms with Crippen molar-refractivity contribution in [1.29, 1.82) is 0 Å². The molecule has 0 aliphatic carbocycles. The molecule has 1 aromatic carbocycles. The first-order chi connectivity index (χ1) is 9.72. The molecule has 2 atom stereocenters. The van der Waals surface area contributed by atoms with Crippen LogP contribution in [-0.4, -0.2) is 32.5 Å². The number of β-amino-alcohol motifs (C(OH)–C–C–N with tert-alkyl or cyclic N) is 1. The molecule has 1 aliphatic rings. The highest BCUT2D eigenvalue weighted by molar-refractivity contribution is 5.14. The van der Waals surface area contributed by atoms with Crippen LogP contribution in [0.4, 0.5) is 0 Å². The van der Waals surface area contributed by atoms with Gasteiger partial charge in [0.05, 0.1) is 12.1 Å². The molecule has 5 heteroatoms. The molecule has 0 radical (unpaired) electrons. The molecule has 1 fully saturated rings. The summed E-state index contributed by atoms with van der Waals surface area (Å²) in [5.41, 5.74) is 1.30. The average molecular weight is 272 g/mol. The highest BCUT2D eigenvalue weighted by Crippen LogP contribution is 2.22. The van der Waals surface area contributed by atoms with Crippen LogP contribution in [0.5, 0.6) is 0 Å². The van der Waals surface area contributed by atoms with Crippen molar-refractivity contribution in [3.05, 3.63) is 47.5 Å². The molecule has 0 amide bonds. The van der Waals surface area contributed by atoms with E-state index in [1.807, 2.05) is 17.7 Å². The van der Waals surface area contributed by atoms with Crippen molar-refractivity contribution in [2.75, 3.05) is 6.54 Å². The molecule has 0 unspecified atom stereocenters. The third-order valence-corrected chi connectivity index (χ3v) is 3.68. The van der Waals surface area contributed by atoms with E-state index in [0.717, 1.165) is 24.6 Å². The number of nitrogens with zero attached hydrogens (tertiary/aromatic N) is 3. The average Bonchev–Trinajstić information content (AvgIpc) is 3.03. The van der Waals surface area contributed by atoms with Crippen LogP contribution in [0.25, 0.3) is 0 Å². The number of nitrogens with one attached hydrogen (secondary N) is 1. The summed E-state index contributed by atoms with van der Waals surface area (Å²) in [6, 6.07) is 10.5. The monoisotopic (exact) mass is 272 g/mol. The van der Waals surface area contributed by atoms with Crippen LogP contribution in [0.1, 0.15) is 29.7 Å². The van der Waals surface area contributed by atoms with Crippen LogP contribution in [0, 0.1) is 6.92 Å². The number of aryl methyl sites for hydroxylation is 3. The summed E-state index contributed by atoms with van der Waals surface area (Å²) in [6.45, 7) is 3.36. The lowest BCUT2D eigenvalue weighted by Gasteiger charge is -2.11. The van der Waals surface area contributed by atoms with Crippen molar-refractivity contribution in [2.24, 2.45) is 0 Å². The van der Waals surface area contributed by atoms with Crippen molar-refractivity contribution in [3.63, 3.8) is 0 Å². The van der Waals surface area contributed by atoms with Crippen molar-refractivity contribution < 1.29 is 5.11 Å². The SMILES string of the molecule is Cc1nc([C@@H]2C[C@@H](O)CN2)n(CCc2ccccc2)n1. The summed E-state index contributed by atoms with van der Waals surface area (Å²) < 4.78 is 1.97. The van der Waals surface area contributed by atoms with E-state index < -0.39 is 0 Å². The van der Waals surface area contributed by atoms with Crippen molar-refractivity contribution in [1.82, 2.24) is 20.1 Å². The number of hydrogen-bond donors (Lipinski definition) is 2. The number of aromatic nitrogens is 3. The second-order valence-electron chi connectivity index (χ2n) is 5.33. The fourth-order valence-electron chi connectivity index (χ4n) is 2.69. The van der Waals surface area contributed by atoms with Gasteiger partial charge in [-0.15, -0.1) is 0 Å². The second kappa shape index (κ2) is 5.73. The van der Waals surface area contributed by atoms with Gasteiger partial charge in [-0.2, -0.15) is 5.10 Å². The van der Waals surface area contributed by atoms with Gasteiger partial charge in [-0.25, -0.2) is 9.67 Å². The van der Waals surface area contributed by atoms with Gasteiger partial charge < -0.3 is 10.4 Å². The molecule has 0 saturated carbocycles. The van der Waals surface area contributed by atoms with Gasteiger partial charge in [0.1, 0.15) is 11.6 Å². The number of aliphatic hydroxyl groups is 1. The Balaban J connectivity index is 1.73. The minimum atomic E-state index is -0.278. The minimum absolute atomic E-state index is 0.113. The topological polar surface area (TPSA) is 63.0 Å². The van der Waals surface area contributed by atoms with E-state index >= 15 is 0 Å². The van der Waals surface area contributed by atoms with Gasteiger partial charge in [-0.1, -0.05) is 30.3 Å². The Hall–Kier alpha value is -1.72. The Morgan fingerprint density at radius 1 is 1.35 bits per heavy atom. The Kier molecular flexibility index (Phi) is 3.80. The number of rotatable bonds is 4. The molecule has 20 heavy (non-hydrogen) atoms. The Morgan fingerprint density at radius 3 is 2.85 bits per heavy atom. The summed E-state index contributed by atoms with van der Waals surface area (Å²) in [6.07, 6.45) is 1.37. The summed E-state index contributed by atoms with van der Waals surface area (Å²) in [7, 11) is 0. The lowest BCUT2D eigenvalue weighted by molar-refractivity contribution is 0.192. The zero-order valence-electron chi connectivity index (χ0n) is 11.7. The molecular weight excluding hydrogens is 252 g/mol. The predicted octanol–water partition coefficient (Wildman–Crippen LogP) is 1.22. The largest absolute Gasteiger partial charge is 0.392 e. The lowest BCUT2D eigenvalue weighted by Crippen LogP contribution is -2.19. The first-order valence-corrected chi connectivity index (χ1v) is 7.09. The first kappa shape index (κ1) is 13.3. The molecule has 2 heterocycles. The van der Waals surface area contributed by atoms with Crippen LogP contribution in [0.2, 0.25) is 0 Å². The maximum absolute atomic E-state index is 9.65. The molecular formula is C15H20N4O. The van der Waals surface area contributed by atoms with E-state index in [0.29, 0.717) is 13.0 Å². The molecule has 0 spiro atoms. The third-order valence-electron chi connectivity index (χ3n) is 3.68. The third kappa shape index (κ3) is 2.89. The van der Waals surface area contributed by atoms with Gasteiger partial charge in [-0.3, -0.25) is 0 Å². The van der Waals surface area contributed by atoms with Gasteiger partial charge in [0.25, 0.3) is 0 Å². The standard InChI is InChI=1S/C15H20N4O/c1-11-17-15(14-9-13(20)10-16-14)19(18-11)8-7-12-5-3-2-4-6-12/h2-6,13-14,16,20H,7-10H2,1H3/t13-,14+/m1/s1. The van der Waals surface area contributed by atoms with E-state index in [9.17, 15) is 5.11 Å². The Labute approximate surface area is 118 Å². The van der Waals surface area contributed by atoms with Crippen LogP contribution < -0.4 is 5.32 Å². The van der Waals surface area contributed by atoms with E-state index in [1.165, 1.54) is 5.56 Å².